The Labute approximate surface area is 173 Å². The first-order valence-corrected chi connectivity index (χ1v) is 27.3. The minimum absolute atomic E-state index is 0.0866. The van der Waals surface area contributed by atoms with Gasteiger partial charge in [-0.1, -0.05) is 0 Å². The first kappa shape index (κ1) is 16.9. The van der Waals surface area contributed by atoms with Gasteiger partial charge < -0.3 is 0 Å². The predicted molar refractivity (Wildman–Crippen MR) is 132 cm³/mol. The zero-order chi connectivity index (χ0) is 21.1. The van der Waals surface area contributed by atoms with Gasteiger partial charge in [-0.15, -0.1) is 0 Å². The standard InChI is InChI=1S/C20H40PSi2.C5H5.Fe/c1-19(2,3)21(20(4,5)6)15-16-13-14-17(22(7,8)9)18(16)23(10,11)12;1-2-4-5-3-1;/h13-14H,15H2,1-12H3;1-5H;. The molecule has 0 aromatic rings. The summed E-state index contributed by atoms with van der Waals surface area (Å²) in [4.78, 5) is 10.2. The van der Waals surface area contributed by atoms with Crippen molar-refractivity contribution in [3.63, 3.8) is 0 Å². The van der Waals surface area contributed by atoms with Crippen molar-refractivity contribution in [3.8, 4) is 0 Å². The van der Waals surface area contributed by atoms with Crippen molar-refractivity contribution >= 4 is 24.1 Å². The third kappa shape index (κ3) is 0.286. The molecule has 10 aliphatic rings. The molecule has 0 saturated carbocycles. The SMILES string of the molecule is CC(C)(C)P(C[C]12[CH]3[CH]4[C]5([Si](C)(C)C)[C]1([Si](C)(C)C)[Fe]34251678[CH]2[CH]1[CH]6[CH]7[CH]28)C(C)(C)C. The van der Waals surface area contributed by atoms with Gasteiger partial charge in [0.05, 0.1) is 0 Å². The molecule has 5 atom stereocenters. The average molecular weight is 489 g/mol. The molecule has 4 heteroatoms. The van der Waals surface area contributed by atoms with E-state index in [2.05, 4.69) is 80.8 Å². The second kappa shape index (κ2) is 1.84. The summed E-state index contributed by atoms with van der Waals surface area (Å²) in [6.07, 6.45) is 1.78. The molecule has 0 aliphatic carbocycles. The summed E-state index contributed by atoms with van der Waals surface area (Å²) < 4.78 is 3.27. The molecule has 0 aromatic carbocycles. The number of rotatable bonds is 4. The van der Waals surface area contributed by atoms with E-state index in [-0.39, 0.29) is 7.92 Å². The van der Waals surface area contributed by atoms with Crippen LogP contribution in [0.3, 0.4) is 0 Å². The molecule has 10 saturated heterocycles. The molecule has 0 aromatic heterocycles. The van der Waals surface area contributed by atoms with E-state index < -0.39 is 22.7 Å². The first-order valence-electron chi connectivity index (χ1n) is 12.7. The van der Waals surface area contributed by atoms with Crippen molar-refractivity contribution in [3.05, 3.63) is 0 Å². The van der Waals surface area contributed by atoms with Crippen molar-refractivity contribution in [2.45, 2.75) is 137 Å². The topological polar surface area (TPSA) is 0 Å². The van der Waals surface area contributed by atoms with Gasteiger partial charge in [-0.3, -0.25) is 0 Å². The fraction of sp³-hybridized carbons (Fsp3) is 1.00. The first-order chi connectivity index (χ1) is 12.7. The van der Waals surface area contributed by atoms with Crippen LogP contribution >= 0.6 is 7.92 Å². The summed E-state index contributed by atoms with van der Waals surface area (Å²) in [5.74, 6) is 0. The Morgan fingerprint density at radius 3 is 1.34 bits per heavy atom. The summed E-state index contributed by atoms with van der Waals surface area (Å²) >= 11 is 0. The van der Waals surface area contributed by atoms with Gasteiger partial charge in [-0.2, -0.15) is 0 Å². The van der Waals surface area contributed by atoms with E-state index in [1.165, 1.54) is 33.7 Å². The zero-order valence-electron chi connectivity index (χ0n) is 21.0. The van der Waals surface area contributed by atoms with E-state index in [1.807, 2.05) is 0 Å². The predicted octanol–water partition coefficient (Wildman–Crippen LogP) is 9.32. The molecule has 166 valence electrons. The Morgan fingerprint density at radius 1 is 0.690 bits per heavy atom. The van der Waals surface area contributed by atoms with E-state index in [0.717, 1.165) is 12.2 Å². The summed E-state index contributed by atoms with van der Waals surface area (Å²) in [5, 5.41) is 1.06. The fourth-order valence-corrected chi connectivity index (χ4v) is 165. The second-order valence-corrected chi connectivity index (χ2v) is 57.7. The third-order valence-corrected chi connectivity index (χ3v) is 86.3. The molecule has 0 bridgehead atoms. The summed E-state index contributed by atoms with van der Waals surface area (Å²) in [7, 11) is -2.24. The van der Waals surface area contributed by atoms with E-state index in [0.29, 0.717) is 10.3 Å². The fourth-order valence-electron chi connectivity index (χ4n) is 24.2. The Hall–Kier alpha value is 1.38. The van der Waals surface area contributed by atoms with Gasteiger partial charge in [0, 0.05) is 0 Å². The van der Waals surface area contributed by atoms with Crippen LogP contribution in [-0.2, 0) is 6.51 Å². The molecular formula is C25H45FePSi2. The van der Waals surface area contributed by atoms with Crippen molar-refractivity contribution in [1.82, 2.24) is 0 Å². The molecule has 10 rings (SSSR count). The maximum atomic E-state index is 2.92. The summed E-state index contributed by atoms with van der Waals surface area (Å²) in [6, 6.07) is 0. The van der Waals surface area contributed by atoms with Gasteiger partial charge in [-0.25, -0.2) is 0 Å². The molecule has 5 unspecified atom stereocenters. The van der Waals surface area contributed by atoms with Gasteiger partial charge in [-0.05, 0) is 0 Å². The van der Waals surface area contributed by atoms with Crippen molar-refractivity contribution in [2.24, 2.45) is 0 Å². The molecule has 0 N–H and O–H groups in total. The van der Waals surface area contributed by atoms with Crippen LogP contribution in [-0.4, -0.2) is 32.6 Å². The van der Waals surface area contributed by atoms with Crippen LogP contribution in [0.1, 0.15) is 41.5 Å². The van der Waals surface area contributed by atoms with Gasteiger partial charge in [0.2, 0.25) is 0 Å². The van der Waals surface area contributed by atoms with Crippen LogP contribution in [0.4, 0.5) is 0 Å². The van der Waals surface area contributed by atoms with Crippen LogP contribution < -0.4 is 0 Å². The normalized spacial score (nSPS) is 82.7. The monoisotopic (exact) mass is 488 g/mol. The van der Waals surface area contributed by atoms with Gasteiger partial charge in [0.25, 0.3) is 0 Å². The molecule has 0 nitrogen and oxygen atoms in total. The van der Waals surface area contributed by atoms with Crippen LogP contribution in [0.5, 0.6) is 0 Å². The van der Waals surface area contributed by atoms with Gasteiger partial charge >= 0.3 is 174 Å². The molecule has 10 heterocycles. The van der Waals surface area contributed by atoms with Crippen LogP contribution in [0.25, 0.3) is 0 Å². The van der Waals surface area contributed by atoms with E-state index in [4.69, 9.17) is 0 Å². The Bertz CT molecular complexity index is 1360. The maximum absolute atomic E-state index is 3.49. The van der Waals surface area contributed by atoms with Crippen LogP contribution in [0.2, 0.25) is 85.2 Å². The third-order valence-electron chi connectivity index (χ3n) is 19.5. The minimum atomic E-state index is -3.49. The molecule has 0 amide bonds. The number of fused-ring (bicyclic) bond motifs is 10. The quantitative estimate of drug-likeness (QED) is 0.273. The summed E-state index contributed by atoms with van der Waals surface area (Å²) in [5.41, 5.74) is 0. The van der Waals surface area contributed by atoms with Crippen molar-refractivity contribution < 1.29 is 6.51 Å². The zero-order valence-corrected chi connectivity index (χ0v) is 25.0. The van der Waals surface area contributed by atoms with Crippen LogP contribution in [0.15, 0.2) is 0 Å². The van der Waals surface area contributed by atoms with Gasteiger partial charge in [0.1, 0.15) is 0 Å². The van der Waals surface area contributed by atoms with Crippen molar-refractivity contribution in [2.75, 3.05) is 6.16 Å². The Kier molecular flexibility index (Phi) is 1.07. The van der Waals surface area contributed by atoms with Crippen molar-refractivity contribution in [1.29, 1.82) is 0 Å². The number of hydrogen-bond acceptors (Lipinski definition) is 0. The van der Waals surface area contributed by atoms with Gasteiger partial charge in [0.15, 0.2) is 0 Å². The number of hydrogen-bond donors (Lipinski definition) is 0. The second-order valence-electron chi connectivity index (χ2n) is 19.4. The molecule has 29 heavy (non-hydrogen) atoms. The Balaban J connectivity index is 1.35. The molecule has 10 fully saturated rings. The Morgan fingerprint density at radius 2 is 1.10 bits per heavy atom. The molecule has 0 radical (unpaired) electrons. The average Bonchev–Trinajstić information content (AvgIpc) is 3.41. The molecule has 1 spiro atoms. The molecule has 10 aliphatic heterocycles. The molecular weight excluding hydrogens is 443 g/mol. The van der Waals surface area contributed by atoms with E-state index in [9.17, 15) is 0 Å². The van der Waals surface area contributed by atoms with E-state index >= 15 is 0 Å². The van der Waals surface area contributed by atoms with E-state index in [1.54, 1.807) is 6.16 Å². The summed E-state index contributed by atoms with van der Waals surface area (Å²) in [6.45, 7) is 29.8. The van der Waals surface area contributed by atoms with Crippen LogP contribution in [0, 0.1) is 0 Å².